The van der Waals surface area contributed by atoms with Gasteiger partial charge < -0.3 is 15.7 Å². The highest BCUT2D eigenvalue weighted by atomic mass is 32.2. The Labute approximate surface area is 94.0 Å². The fourth-order valence-electron chi connectivity index (χ4n) is 0.930. The zero-order valence-electron chi connectivity index (χ0n) is 9.27. The van der Waals surface area contributed by atoms with Crippen LogP contribution >= 0.6 is 11.8 Å². The number of aliphatic carboxylic acids is 1. The van der Waals surface area contributed by atoms with Crippen LogP contribution in [0.3, 0.4) is 0 Å². The van der Waals surface area contributed by atoms with Crippen LogP contribution in [0.2, 0.25) is 0 Å². The Bertz CT molecular complexity index is 233. The topological polar surface area (TPSA) is 83.6 Å². The van der Waals surface area contributed by atoms with Gasteiger partial charge >= 0.3 is 5.97 Å². The minimum atomic E-state index is -0.998. The van der Waals surface area contributed by atoms with Crippen LogP contribution in [0, 0.1) is 0 Å². The molecule has 0 saturated carbocycles. The summed E-state index contributed by atoms with van der Waals surface area (Å²) in [6, 6.07) is -0.834. The summed E-state index contributed by atoms with van der Waals surface area (Å²) in [4.78, 5) is 23.3. The maximum atomic E-state index is 11.4. The zero-order valence-corrected chi connectivity index (χ0v) is 10.1. The largest absolute Gasteiger partial charge is 0.480 e. The van der Waals surface area contributed by atoms with E-state index in [1.54, 1.807) is 21.0 Å². The van der Waals surface area contributed by atoms with E-state index in [2.05, 4.69) is 0 Å². The van der Waals surface area contributed by atoms with Crippen molar-refractivity contribution in [2.24, 2.45) is 5.73 Å². The lowest BCUT2D eigenvalue weighted by Gasteiger charge is -2.16. The molecule has 5 nitrogen and oxygen atoms in total. The monoisotopic (exact) mass is 234 g/mol. The van der Waals surface area contributed by atoms with Crippen molar-refractivity contribution < 1.29 is 14.7 Å². The summed E-state index contributed by atoms with van der Waals surface area (Å²) in [6.07, 6.45) is 0.380. The van der Waals surface area contributed by atoms with Crippen LogP contribution in [0.25, 0.3) is 0 Å². The second-order valence-electron chi connectivity index (χ2n) is 3.48. The standard InChI is InChI=1S/C9H18N2O3S/c1-6(8(12)11(2)3)15-5-4-7(10)9(13)14/h6-7H,4-5,10H2,1-3H3,(H,13,14). The van der Waals surface area contributed by atoms with Crippen LogP contribution in [0.1, 0.15) is 13.3 Å². The Morgan fingerprint density at radius 2 is 2.00 bits per heavy atom. The van der Waals surface area contributed by atoms with Crippen LogP contribution in [-0.4, -0.2) is 53.0 Å². The molecule has 0 aliphatic carbocycles. The molecule has 0 aromatic heterocycles. The number of amides is 1. The van der Waals surface area contributed by atoms with Gasteiger partial charge in [-0.2, -0.15) is 0 Å². The SMILES string of the molecule is CC(SCCC(N)C(=O)O)C(=O)N(C)C. The van der Waals surface area contributed by atoms with E-state index in [4.69, 9.17) is 10.8 Å². The van der Waals surface area contributed by atoms with E-state index in [1.807, 2.05) is 0 Å². The lowest BCUT2D eigenvalue weighted by atomic mass is 10.2. The van der Waals surface area contributed by atoms with E-state index < -0.39 is 12.0 Å². The smallest absolute Gasteiger partial charge is 0.320 e. The third kappa shape index (κ3) is 5.64. The van der Waals surface area contributed by atoms with Gasteiger partial charge in [0.15, 0.2) is 0 Å². The summed E-state index contributed by atoms with van der Waals surface area (Å²) in [5, 5.41) is 8.38. The van der Waals surface area contributed by atoms with Crippen molar-refractivity contribution >= 4 is 23.6 Å². The number of thioether (sulfide) groups is 1. The molecule has 0 aliphatic heterocycles. The summed E-state index contributed by atoms with van der Waals surface area (Å²) in [7, 11) is 3.39. The molecule has 0 heterocycles. The predicted octanol–water partition coefficient (Wildman–Crippen LogP) is -0.00170. The molecular formula is C9H18N2O3S. The van der Waals surface area contributed by atoms with Gasteiger partial charge in [-0.15, -0.1) is 11.8 Å². The molecule has 0 saturated heterocycles. The van der Waals surface area contributed by atoms with Crippen molar-refractivity contribution in [1.29, 1.82) is 0 Å². The number of carbonyl (C=O) groups is 2. The quantitative estimate of drug-likeness (QED) is 0.676. The van der Waals surface area contributed by atoms with Crippen LogP contribution in [0.5, 0.6) is 0 Å². The molecule has 0 bridgehead atoms. The first-order chi connectivity index (χ1) is 6.86. The Morgan fingerprint density at radius 3 is 2.40 bits per heavy atom. The van der Waals surface area contributed by atoms with Crippen LogP contribution in [0.15, 0.2) is 0 Å². The second-order valence-corrected chi connectivity index (χ2v) is 4.93. The molecule has 2 atom stereocenters. The highest BCUT2D eigenvalue weighted by Gasteiger charge is 2.17. The number of carboxylic acid groups (broad SMARTS) is 1. The molecule has 15 heavy (non-hydrogen) atoms. The summed E-state index contributed by atoms with van der Waals surface area (Å²) < 4.78 is 0. The normalized spacial score (nSPS) is 14.4. The van der Waals surface area contributed by atoms with Gasteiger partial charge in [-0.25, -0.2) is 0 Å². The van der Waals surface area contributed by atoms with E-state index in [1.165, 1.54) is 16.7 Å². The Morgan fingerprint density at radius 1 is 1.47 bits per heavy atom. The molecule has 0 aliphatic rings. The highest BCUT2D eigenvalue weighted by Crippen LogP contribution is 2.14. The first-order valence-electron chi connectivity index (χ1n) is 4.67. The van der Waals surface area contributed by atoms with Gasteiger partial charge in [0, 0.05) is 14.1 Å². The first kappa shape index (κ1) is 14.2. The number of carboxylic acids is 1. The van der Waals surface area contributed by atoms with E-state index in [9.17, 15) is 9.59 Å². The van der Waals surface area contributed by atoms with Crippen molar-refractivity contribution in [3.05, 3.63) is 0 Å². The van der Waals surface area contributed by atoms with Crippen molar-refractivity contribution in [2.75, 3.05) is 19.8 Å². The van der Waals surface area contributed by atoms with Gasteiger partial charge in [0.25, 0.3) is 0 Å². The summed E-state index contributed by atoms with van der Waals surface area (Å²) in [6.45, 7) is 1.80. The molecule has 0 aromatic rings. The molecule has 0 spiro atoms. The number of carbonyl (C=O) groups excluding carboxylic acids is 1. The third-order valence-electron chi connectivity index (χ3n) is 1.90. The summed E-state index contributed by atoms with van der Waals surface area (Å²) >= 11 is 1.42. The number of hydrogen-bond donors (Lipinski definition) is 2. The Hall–Kier alpha value is -0.750. The van der Waals surface area contributed by atoms with Crippen LogP contribution in [-0.2, 0) is 9.59 Å². The van der Waals surface area contributed by atoms with Gasteiger partial charge in [-0.1, -0.05) is 0 Å². The average Bonchev–Trinajstić information content (AvgIpc) is 2.15. The molecule has 6 heteroatoms. The van der Waals surface area contributed by atoms with Crippen molar-refractivity contribution in [1.82, 2.24) is 4.90 Å². The molecule has 2 unspecified atom stereocenters. The molecule has 0 fully saturated rings. The van der Waals surface area contributed by atoms with E-state index in [0.717, 1.165) is 0 Å². The highest BCUT2D eigenvalue weighted by molar-refractivity contribution is 8.00. The molecule has 3 N–H and O–H groups in total. The fraction of sp³-hybridized carbons (Fsp3) is 0.778. The Balaban J connectivity index is 3.77. The number of hydrogen-bond acceptors (Lipinski definition) is 4. The number of nitrogens with zero attached hydrogens (tertiary/aromatic N) is 1. The zero-order chi connectivity index (χ0) is 12.0. The first-order valence-corrected chi connectivity index (χ1v) is 5.72. The van der Waals surface area contributed by atoms with Gasteiger partial charge in [0.1, 0.15) is 6.04 Å². The van der Waals surface area contributed by atoms with Crippen molar-refractivity contribution in [2.45, 2.75) is 24.6 Å². The van der Waals surface area contributed by atoms with Gasteiger partial charge in [-0.05, 0) is 19.1 Å². The molecule has 88 valence electrons. The number of nitrogens with two attached hydrogens (primary N) is 1. The fourth-order valence-corrected chi connectivity index (χ4v) is 2.03. The van der Waals surface area contributed by atoms with Crippen LogP contribution < -0.4 is 5.73 Å². The lowest BCUT2D eigenvalue weighted by molar-refractivity contribution is -0.138. The minimum Gasteiger partial charge on any atom is -0.480 e. The molecule has 1 amide bonds. The summed E-state index contributed by atoms with van der Waals surface area (Å²) in [5.74, 6) is -0.389. The molecule has 0 aromatic carbocycles. The van der Waals surface area contributed by atoms with Gasteiger partial charge in [0.2, 0.25) is 5.91 Å². The summed E-state index contributed by atoms with van der Waals surface area (Å²) in [5.41, 5.74) is 5.33. The molecule has 0 rings (SSSR count). The van der Waals surface area contributed by atoms with Crippen LogP contribution in [0.4, 0.5) is 0 Å². The van der Waals surface area contributed by atoms with Crippen molar-refractivity contribution in [3.8, 4) is 0 Å². The second kappa shape index (κ2) is 6.68. The average molecular weight is 234 g/mol. The van der Waals surface area contributed by atoms with E-state index in [-0.39, 0.29) is 11.2 Å². The minimum absolute atomic E-state index is 0.0314. The van der Waals surface area contributed by atoms with E-state index in [0.29, 0.717) is 12.2 Å². The van der Waals surface area contributed by atoms with Gasteiger partial charge in [-0.3, -0.25) is 9.59 Å². The Kier molecular flexibility index (Phi) is 6.35. The predicted molar refractivity (Wildman–Crippen MR) is 60.8 cm³/mol. The lowest BCUT2D eigenvalue weighted by Crippen LogP contribution is -2.32. The number of rotatable bonds is 6. The third-order valence-corrected chi connectivity index (χ3v) is 3.08. The van der Waals surface area contributed by atoms with Gasteiger partial charge in [0.05, 0.1) is 5.25 Å². The van der Waals surface area contributed by atoms with Crippen molar-refractivity contribution in [3.63, 3.8) is 0 Å². The molecule has 0 radical (unpaired) electrons. The molecular weight excluding hydrogens is 216 g/mol. The maximum Gasteiger partial charge on any atom is 0.320 e. The van der Waals surface area contributed by atoms with E-state index >= 15 is 0 Å². The maximum absolute atomic E-state index is 11.4.